The highest BCUT2D eigenvalue weighted by Crippen LogP contribution is 2.19. The second-order valence-electron chi connectivity index (χ2n) is 8.55. The van der Waals surface area contributed by atoms with Crippen molar-refractivity contribution in [3.63, 3.8) is 0 Å². The lowest BCUT2D eigenvalue weighted by Gasteiger charge is -2.30. The largest absolute Gasteiger partial charge is 0.491 e. The van der Waals surface area contributed by atoms with Gasteiger partial charge in [0.05, 0.1) is 6.54 Å². The molecule has 1 aliphatic rings. The van der Waals surface area contributed by atoms with Crippen LogP contribution in [-0.4, -0.2) is 57.7 Å². The van der Waals surface area contributed by atoms with Crippen molar-refractivity contribution in [2.75, 3.05) is 26.7 Å². The Morgan fingerprint density at radius 1 is 1.16 bits per heavy atom. The minimum Gasteiger partial charge on any atom is -0.491 e. The van der Waals surface area contributed by atoms with E-state index in [0.29, 0.717) is 13.2 Å². The summed E-state index contributed by atoms with van der Waals surface area (Å²) in [6.45, 7) is 6.36. The van der Waals surface area contributed by atoms with E-state index in [4.69, 9.17) is 4.74 Å². The number of nitrogens with one attached hydrogen (secondary N) is 1. The fraction of sp³-hybridized carbons (Fsp3) is 0.400. The first-order chi connectivity index (χ1) is 15.0. The molecule has 164 valence electrons. The summed E-state index contributed by atoms with van der Waals surface area (Å²) >= 11 is 0. The van der Waals surface area contributed by atoms with Gasteiger partial charge in [-0.15, -0.1) is 0 Å². The Bertz CT molecular complexity index is 987. The monoisotopic (exact) mass is 420 g/mol. The van der Waals surface area contributed by atoms with Crippen LogP contribution in [0.4, 0.5) is 0 Å². The number of ether oxygens (including phenoxy) is 1. The zero-order chi connectivity index (χ0) is 21.6. The summed E-state index contributed by atoms with van der Waals surface area (Å²) in [4.78, 5) is 12.1. The number of nitrogens with zero attached hydrogens (tertiary/aromatic N) is 3. The fourth-order valence-electron chi connectivity index (χ4n) is 4.16. The van der Waals surface area contributed by atoms with Crippen LogP contribution in [0, 0.1) is 6.92 Å². The van der Waals surface area contributed by atoms with Gasteiger partial charge in [-0.05, 0) is 49.2 Å². The van der Waals surface area contributed by atoms with Crippen LogP contribution in [0.3, 0.4) is 0 Å². The number of β-amino-alcohol motifs (C(OH)–C–C–N with tert-alkyl or cyclic N) is 1. The van der Waals surface area contributed by atoms with Crippen molar-refractivity contribution in [2.45, 2.75) is 39.1 Å². The zero-order valence-electron chi connectivity index (χ0n) is 18.4. The number of imidazole rings is 1. The molecular weight excluding hydrogens is 388 g/mol. The molecule has 1 aliphatic heterocycles. The summed E-state index contributed by atoms with van der Waals surface area (Å²) in [6, 6.07) is 16.7. The van der Waals surface area contributed by atoms with Gasteiger partial charge in [0.1, 0.15) is 24.3 Å². The maximum Gasteiger partial charge on any atom is 0.120 e. The van der Waals surface area contributed by atoms with E-state index in [9.17, 15) is 5.11 Å². The summed E-state index contributed by atoms with van der Waals surface area (Å²) in [7, 11) is 2.08. The van der Waals surface area contributed by atoms with E-state index in [1.165, 1.54) is 16.7 Å². The molecule has 1 unspecified atom stereocenters. The van der Waals surface area contributed by atoms with Crippen LogP contribution in [0.15, 0.2) is 54.7 Å². The van der Waals surface area contributed by atoms with Gasteiger partial charge in [-0.3, -0.25) is 9.80 Å². The first-order valence-corrected chi connectivity index (χ1v) is 10.9. The molecule has 31 heavy (non-hydrogen) atoms. The molecule has 2 N–H and O–H groups in total. The summed E-state index contributed by atoms with van der Waals surface area (Å²) < 4.78 is 5.91. The third-order valence-corrected chi connectivity index (χ3v) is 5.65. The van der Waals surface area contributed by atoms with Crippen molar-refractivity contribution >= 4 is 0 Å². The normalized spacial score (nSPS) is 15.1. The standard InChI is InChI=1S/C25H32N4O2/c1-19-13-26-25(27-19)17-28(2)14-20-6-5-9-24(12-20)31-18-23(30)16-29-11-10-21-7-3-4-8-22(21)15-29/h3-9,12-13,23,30H,10-11,14-18H2,1-2H3,(H,26,27). The summed E-state index contributed by atoms with van der Waals surface area (Å²) in [5.41, 5.74) is 5.04. The van der Waals surface area contributed by atoms with Crippen LogP contribution >= 0.6 is 0 Å². The number of aryl methyl sites for hydroxylation is 1. The molecule has 0 bridgehead atoms. The van der Waals surface area contributed by atoms with Crippen molar-refractivity contribution in [1.82, 2.24) is 19.8 Å². The molecule has 1 aromatic heterocycles. The molecule has 2 aromatic carbocycles. The predicted molar refractivity (Wildman–Crippen MR) is 122 cm³/mol. The van der Waals surface area contributed by atoms with Crippen LogP contribution in [0.5, 0.6) is 5.75 Å². The molecule has 0 saturated carbocycles. The van der Waals surface area contributed by atoms with Crippen molar-refractivity contribution in [1.29, 1.82) is 0 Å². The number of fused-ring (bicyclic) bond motifs is 1. The smallest absolute Gasteiger partial charge is 0.120 e. The van der Waals surface area contributed by atoms with Gasteiger partial charge in [-0.1, -0.05) is 36.4 Å². The SMILES string of the molecule is Cc1cnc(CN(C)Cc2cccc(OCC(O)CN3CCc4ccccc4C3)c2)[nH]1. The summed E-state index contributed by atoms with van der Waals surface area (Å²) in [5, 5.41) is 10.5. The number of H-pyrrole nitrogens is 1. The van der Waals surface area contributed by atoms with Crippen molar-refractivity contribution in [3.05, 3.63) is 82.9 Å². The number of rotatable bonds is 9. The number of aromatic amines is 1. The van der Waals surface area contributed by atoms with Crippen molar-refractivity contribution < 1.29 is 9.84 Å². The molecule has 0 radical (unpaired) electrons. The molecule has 2 heterocycles. The van der Waals surface area contributed by atoms with Gasteiger partial charge < -0.3 is 14.8 Å². The highest BCUT2D eigenvalue weighted by Gasteiger charge is 2.18. The molecule has 4 rings (SSSR count). The topological polar surface area (TPSA) is 64.6 Å². The predicted octanol–water partition coefficient (Wildman–Crippen LogP) is 3.15. The van der Waals surface area contributed by atoms with Gasteiger partial charge in [-0.2, -0.15) is 0 Å². The zero-order valence-corrected chi connectivity index (χ0v) is 18.4. The van der Waals surface area contributed by atoms with Gasteiger partial charge >= 0.3 is 0 Å². The maximum atomic E-state index is 10.5. The number of hydrogen-bond acceptors (Lipinski definition) is 5. The highest BCUT2D eigenvalue weighted by atomic mass is 16.5. The highest BCUT2D eigenvalue weighted by molar-refractivity contribution is 5.29. The fourth-order valence-corrected chi connectivity index (χ4v) is 4.16. The Morgan fingerprint density at radius 3 is 2.81 bits per heavy atom. The van der Waals surface area contributed by atoms with Crippen LogP contribution in [0.2, 0.25) is 0 Å². The van der Waals surface area contributed by atoms with Gasteiger partial charge in [0.2, 0.25) is 0 Å². The molecule has 6 heteroatoms. The Hall–Kier alpha value is -2.67. The van der Waals surface area contributed by atoms with E-state index < -0.39 is 6.10 Å². The maximum absolute atomic E-state index is 10.5. The number of aliphatic hydroxyl groups excluding tert-OH is 1. The second-order valence-corrected chi connectivity index (χ2v) is 8.55. The molecule has 0 fully saturated rings. The molecule has 0 spiro atoms. The van der Waals surface area contributed by atoms with Gasteiger partial charge in [0.15, 0.2) is 0 Å². The van der Waals surface area contributed by atoms with E-state index >= 15 is 0 Å². The lowest BCUT2D eigenvalue weighted by molar-refractivity contribution is 0.0637. The molecule has 0 aliphatic carbocycles. The Morgan fingerprint density at radius 2 is 2.00 bits per heavy atom. The van der Waals surface area contributed by atoms with Crippen LogP contribution in [-0.2, 0) is 26.1 Å². The van der Waals surface area contributed by atoms with E-state index in [1.54, 1.807) is 0 Å². The Kier molecular flexibility index (Phi) is 7.02. The van der Waals surface area contributed by atoms with Crippen LogP contribution in [0.1, 0.15) is 28.2 Å². The number of aromatic nitrogens is 2. The second kappa shape index (κ2) is 10.1. The quantitative estimate of drug-likeness (QED) is 0.557. The lowest BCUT2D eigenvalue weighted by atomic mass is 10.00. The number of hydrogen-bond donors (Lipinski definition) is 2. The summed E-state index contributed by atoms with van der Waals surface area (Å²) in [6.07, 6.45) is 2.38. The average Bonchev–Trinajstić information content (AvgIpc) is 3.16. The first kappa shape index (κ1) is 21.6. The lowest BCUT2D eigenvalue weighted by Crippen LogP contribution is -2.38. The van der Waals surface area contributed by atoms with E-state index in [2.05, 4.69) is 57.1 Å². The van der Waals surface area contributed by atoms with Crippen LogP contribution in [0.25, 0.3) is 0 Å². The van der Waals surface area contributed by atoms with Gasteiger partial charge in [0.25, 0.3) is 0 Å². The first-order valence-electron chi connectivity index (χ1n) is 10.9. The van der Waals surface area contributed by atoms with E-state index in [0.717, 1.165) is 49.9 Å². The molecular formula is C25H32N4O2. The van der Waals surface area contributed by atoms with Crippen molar-refractivity contribution in [3.8, 4) is 5.75 Å². The Labute approximate surface area is 184 Å². The third kappa shape index (κ3) is 6.17. The van der Waals surface area contributed by atoms with E-state index in [-0.39, 0.29) is 0 Å². The molecule has 1 atom stereocenters. The number of benzene rings is 2. The number of aliphatic hydroxyl groups is 1. The summed E-state index contributed by atoms with van der Waals surface area (Å²) in [5.74, 6) is 1.76. The molecule has 6 nitrogen and oxygen atoms in total. The third-order valence-electron chi connectivity index (χ3n) is 5.65. The minimum absolute atomic E-state index is 0.295. The van der Waals surface area contributed by atoms with Crippen LogP contribution < -0.4 is 4.74 Å². The Balaban J connectivity index is 1.24. The van der Waals surface area contributed by atoms with Gasteiger partial charge in [0, 0.05) is 38.1 Å². The molecule has 3 aromatic rings. The van der Waals surface area contributed by atoms with Gasteiger partial charge in [-0.25, -0.2) is 4.98 Å². The van der Waals surface area contributed by atoms with Crippen molar-refractivity contribution in [2.24, 2.45) is 0 Å². The average molecular weight is 421 g/mol. The molecule has 0 saturated heterocycles. The minimum atomic E-state index is -0.515. The van der Waals surface area contributed by atoms with E-state index in [1.807, 2.05) is 31.3 Å². The molecule has 0 amide bonds.